The minimum Gasteiger partial charge on any atom is -0.306 e. The molecule has 1 nitrogen and oxygen atoms in total. The molecule has 0 saturated carbocycles. The lowest BCUT2D eigenvalue weighted by molar-refractivity contribution is 0.279. The molecule has 0 aliphatic heterocycles. The first kappa shape index (κ1) is 19.3. The number of hydrogen-bond donors (Lipinski definition) is 0. The van der Waals surface area contributed by atoms with Crippen LogP contribution in [0.4, 0.5) is 0 Å². The summed E-state index contributed by atoms with van der Waals surface area (Å²) in [7, 11) is 2.26. The smallest absolute Gasteiger partial charge is 0.00218 e. The fourth-order valence-electron chi connectivity index (χ4n) is 2.82. The molecule has 0 aromatic rings. The van der Waals surface area contributed by atoms with Crippen LogP contribution in [0.5, 0.6) is 0 Å². The van der Waals surface area contributed by atoms with Crippen molar-refractivity contribution in [2.45, 2.75) is 65.7 Å². The zero-order valence-electron chi connectivity index (χ0n) is 14.1. The van der Waals surface area contributed by atoms with E-state index in [4.69, 9.17) is 0 Å². The van der Waals surface area contributed by atoms with Gasteiger partial charge in [-0.15, -0.1) is 0 Å². The summed E-state index contributed by atoms with van der Waals surface area (Å²) in [5.41, 5.74) is 0. The summed E-state index contributed by atoms with van der Waals surface area (Å²) >= 11 is 1.99. The normalized spacial score (nSPS) is 14.8. The number of thioether (sulfide) groups is 1. The molecule has 0 aromatic heterocycles. The molecule has 0 heterocycles. The van der Waals surface area contributed by atoms with Gasteiger partial charge in [0.05, 0.1) is 0 Å². The molecule has 0 aliphatic rings. The number of unbranched alkanes of at least 4 members (excludes halogenated alkanes) is 1. The third-order valence-electron chi connectivity index (χ3n) is 4.34. The molecule has 0 aliphatic carbocycles. The van der Waals surface area contributed by atoms with E-state index >= 15 is 0 Å². The van der Waals surface area contributed by atoms with Crippen LogP contribution in [0, 0.1) is 11.8 Å². The molecular formula is C17H37NS. The lowest BCUT2D eigenvalue weighted by atomic mass is 9.84. The summed E-state index contributed by atoms with van der Waals surface area (Å²) in [6, 6.07) is 0. The second-order valence-electron chi connectivity index (χ2n) is 6.08. The van der Waals surface area contributed by atoms with Crippen molar-refractivity contribution in [1.82, 2.24) is 4.90 Å². The summed E-state index contributed by atoms with van der Waals surface area (Å²) in [6.45, 7) is 9.60. The summed E-state index contributed by atoms with van der Waals surface area (Å²) < 4.78 is 0. The Kier molecular flexibility index (Phi) is 13.5. The minimum atomic E-state index is 0.912. The molecule has 0 amide bonds. The monoisotopic (exact) mass is 287 g/mol. The highest BCUT2D eigenvalue weighted by atomic mass is 32.2. The lowest BCUT2D eigenvalue weighted by Gasteiger charge is -2.23. The third kappa shape index (κ3) is 10.7. The fourth-order valence-corrected chi connectivity index (χ4v) is 3.27. The largest absolute Gasteiger partial charge is 0.306 e. The van der Waals surface area contributed by atoms with Gasteiger partial charge in [-0.25, -0.2) is 0 Å². The molecule has 0 aromatic carbocycles. The highest BCUT2D eigenvalue weighted by molar-refractivity contribution is 7.98. The zero-order valence-corrected chi connectivity index (χ0v) is 14.9. The first-order valence-corrected chi connectivity index (χ1v) is 9.72. The van der Waals surface area contributed by atoms with Crippen LogP contribution in [0.25, 0.3) is 0 Å². The molecule has 0 N–H and O–H groups in total. The van der Waals surface area contributed by atoms with Crippen molar-refractivity contribution >= 4 is 11.8 Å². The Morgan fingerprint density at radius 1 is 1.00 bits per heavy atom. The second kappa shape index (κ2) is 13.3. The maximum Gasteiger partial charge on any atom is -0.00218 e. The molecule has 0 saturated heterocycles. The van der Waals surface area contributed by atoms with E-state index in [9.17, 15) is 0 Å². The van der Waals surface area contributed by atoms with Gasteiger partial charge in [0.1, 0.15) is 0 Å². The van der Waals surface area contributed by atoms with Gasteiger partial charge < -0.3 is 4.90 Å². The predicted molar refractivity (Wildman–Crippen MR) is 92.2 cm³/mol. The maximum absolute atomic E-state index is 2.48. The van der Waals surface area contributed by atoms with Crippen molar-refractivity contribution < 1.29 is 0 Å². The highest BCUT2D eigenvalue weighted by Crippen LogP contribution is 2.26. The summed E-state index contributed by atoms with van der Waals surface area (Å²) in [5, 5.41) is 0. The molecule has 0 spiro atoms. The molecule has 116 valence electrons. The van der Waals surface area contributed by atoms with Gasteiger partial charge in [-0.1, -0.05) is 40.0 Å². The van der Waals surface area contributed by atoms with E-state index in [0.717, 1.165) is 11.8 Å². The Balaban J connectivity index is 3.78. The van der Waals surface area contributed by atoms with Crippen LogP contribution < -0.4 is 0 Å². The van der Waals surface area contributed by atoms with Crippen LogP contribution in [0.2, 0.25) is 0 Å². The Bertz CT molecular complexity index is 184. The zero-order chi connectivity index (χ0) is 14.5. The van der Waals surface area contributed by atoms with Crippen LogP contribution in [0.3, 0.4) is 0 Å². The van der Waals surface area contributed by atoms with Crippen LogP contribution in [-0.4, -0.2) is 37.0 Å². The Hall–Kier alpha value is 0.310. The average molecular weight is 288 g/mol. The van der Waals surface area contributed by atoms with E-state index in [1.807, 2.05) is 11.8 Å². The van der Waals surface area contributed by atoms with Gasteiger partial charge in [0.2, 0.25) is 0 Å². The van der Waals surface area contributed by atoms with Crippen LogP contribution in [-0.2, 0) is 0 Å². The molecular weight excluding hydrogens is 250 g/mol. The molecule has 0 bridgehead atoms. The molecule has 2 atom stereocenters. The summed E-state index contributed by atoms with van der Waals surface area (Å²) in [4.78, 5) is 2.48. The quantitative estimate of drug-likeness (QED) is 0.423. The summed E-state index contributed by atoms with van der Waals surface area (Å²) in [5.74, 6) is 3.22. The van der Waals surface area contributed by atoms with Crippen molar-refractivity contribution in [3.05, 3.63) is 0 Å². The van der Waals surface area contributed by atoms with Gasteiger partial charge in [0.25, 0.3) is 0 Å². The van der Waals surface area contributed by atoms with Crippen molar-refractivity contribution in [3.8, 4) is 0 Å². The first-order valence-electron chi connectivity index (χ1n) is 8.33. The topological polar surface area (TPSA) is 3.24 Å². The van der Waals surface area contributed by atoms with Gasteiger partial charge in [0, 0.05) is 0 Å². The first-order chi connectivity index (χ1) is 9.15. The third-order valence-corrected chi connectivity index (χ3v) is 5.04. The number of nitrogens with zero attached hydrogens (tertiary/aromatic N) is 1. The Morgan fingerprint density at radius 2 is 1.68 bits per heavy atom. The van der Waals surface area contributed by atoms with Gasteiger partial charge >= 0.3 is 0 Å². The van der Waals surface area contributed by atoms with Crippen molar-refractivity contribution in [1.29, 1.82) is 0 Å². The Morgan fingerprint density at radius 3 is 2.26 bits per heavy atom. The van der Waals surface area contributed by atoms with E-state index in [1.165, 1.54) is 63.8 Å². The molecule has 0 fully saturated rings. The maximum atomic E-state index is 2.48. The average Bonchev–Trinajstić information content (AvgIpc) is 2.41. The van der Waals surface area contributed by atoms with Gasteiger partial charge in [0.15, 0.2) is 0 Å². The highest BCUT2D eigenvalue weighted by Gasteiger charge is 2.15. The SMILES string of the molecule is CCCN(C)CCCCC(CCCSC)[C@H](C)CC. The lowest BCUT2D eigenvalue weighted by Crippen LogP contribution is -2.20. The molecule has 0 rings (SSSR count). The predicted octanol–water partition coefficient (Wildman–Crippen LogP) is 5.30. The van der Waals surface area contributed by atoms with Crippen LogP contribution in [0.1, 0.15) is 65.7 Å². The van der Waals surface area contributed by atoms with Crippen LogP contribution >= 0.6 is 11.8 Å². The van der Waals surface area contributed by atoms with Crippen molar-refractivity contribution in [2.24, 2.45) is 11.8 Å². The van der Waals surface area contributed by atoms with Gasteiger partial charge in [-0.2, -0.15) is 11.8 Å². The van der Waals surface area contributed by atoms with Crippen molar-refractivity contribution in [2.75, 3.05) is 32.1 Å². The number of rotatable bonds is 13. The standard InChI is InChI=1S/C17H37NS/c1-6-13-18(4)14-9-8-11-17(16(3)7-2)12-10-15-19-5/h16-17H,6-15H2,1-5H3/t16-,17?/m1/s1. The fraction of sp³-hybridized carbons (Fsp3) is 1.00. The Labute approximate surface area is 126 Å². The number of hydrogen-bond acceptors (Lipinski definition) is 2. The van der Waals surface area contributed by atoms with Crippen LogP contribution in [0.15, 0.2) is 0 Å². The minimum absolute atomic E-state index is 0.912. The molecule has 2 heteroatoms. The second-order valence-corrected chi connectivity index (χ2v) is 7.07. The molecule has 19 heavy (non-hydrogen) atoms. The van der Waals surface area contributed by atoms with Gasteiger partial charge in [-0.05, 0) is 69.7 Å². The van der Waals surface area contributed by atoms with E-state index in [2.05, 4.69) is 39.0 Å². The van der Waals surface area contributed by atoms with E-state index in [0.29, 0.717) is 0 Å². The molecule has 0 radical (unpaired) electrons. The van der Waals surface area contributed by atoms with E-state index < -0.39 is 0 Å². The molecule has 1 unspecified atom stereocenters. The van der Waals surface area contributed by atoms with Gasteiger partial charge in [-0.3, -0.25) is 0 Å². The van der Waals surface area contributed by atoms with E-state index in [1.54, 1.807) is 0 Å². The van der Waals surface area contributed by atoms with E-state index in [-0.39, 0.29) is 0 Å². The summed E-state index contributed by atoms with van der Waals surface area (Å²) in [6.07, 6.45) is 12.0. The van der Waals surface area contributed by atoms with Crippen molar-refractivity contribution in [3.63, 3.8) is 0 Å².